The maximum absolute atomic E-state index is 12.4. The van der Waals surface area contributed by atoms with Crippen molar-refractivity contribution in [2.24, 2.45) is 0 Å². The van der Waals surface area contributed by atoms with Gasteiger partial charge in [0.1, 0.15) is 11.4 Å². The third kappa shape index (κ3) is 5.88. The lowest BCUT2D eigenvalue weighted by atomic mass is 10.1. The first kappa shape index (κ1) is 23.2. The zero-order valence-electron chi connectivity index (χ0n) is 18.6. The molecule has 0 spiro atoms. The zero-order chi connectivity index (χ0) is 24.6. The predicted octanol–water partition coefficient (Wildman–Crippen LogP) is 3.25. The Labute approximate surface area is 200 Å². The molecule has 10 nitrogen and oxygen atoms in total. The number of nitrogens with zero attached hydrogens (tertiary/aromatic N) is 2. The number of carbonyl (C=O) groups excluding carboxylic acids is 3. The van der Waals surface area contributed by atoms with Gasteiger partial charge in [0.05, 0.1) is 18.9 Å². The van der Waals surface area contributed by atoms with Crippen molar-refractivity contribution < 1.29 is 23.5 Å². The summed E-state index contributed by atoms with van der Waals surface area (Å²) in [5.74, 6) is -1.07. The predicted molar refractivity (Wildman–Crippen MR) is 128 cm³/mol. The number of pyridine rings is 1. The molecule has 0 unspecified atom stereocenters. The molecule has 0 saturated heterocycles. The minimum Gasteiger partial charge on any atom is -0.496 e. The minimum atomic E-state index is -0.853. The van der Waals surface area contributed by atoms with Crippen molar-refractivity contribution in [2.45, 2.75) is 6.54 Å². The van der Waals surface area contributed by atoms with Crippen molar-refractivity contribution in [3.63, 3.8) is 0 Å². The molecule has 2 heterocycles. The number of hydrogen-bond donors (Lipinski definition) is 3. The minimum absolute atomic E-state index is 0.225. The molecule has 0 radical (unpaired) electrons. The summed E-state index contributed by atoms with van der Waals surface area (Å²) in [4.78, 5) is 44.9. The second-order valence-corrected chi connectivity index (χ2v) is 7.29. The van der Waals surface area contributed by atoms with Gasteiger partial charge in [-0.2, -0.15) is 0 Å². The first-order chi connectivity index (χ1) is 17.0. The van der Waals surface area contributed by atoms with Crippen LogP contribution < -0.4 is 20.7 Å². The van der Waals surface area contributed by atoms with Crippen LogP contribution in [0.3, 0.4) is 0 Å². The topological polar surface area (TPSA) is 135 Å². The van der Waals surface area contributed by atoms with Crippen LogP contribution in [0.15, 0.2) is 83.9 Å². The molecule has 4 rings (SSSR count). The largest absolute Gasteiger partial charge is 0.496 e. The van der Waals surface area contributed by atoms with Crippen LogP contribution in [0.5, 0.6) is 5.75 Å². The van der Waals surface area contributed by atoms with Gasteiger partial charge < -0.3 is 25.1 Å². The zero-order valence-corrected chi connectivity index (χ0v) is 18.6. The highest BCUT2D eigenvalue weighted by Gasteiger charge is 2.16. The highest BCUT2D eigenvalue weighted by molar-refractivity contribution is 6.43. The second-order valence-electron chi connectivity index (χ2n) is 7.29. The van der Waals surface area contributed by atoms with Gasteiger partial charge in [-0.15, -0.1) is 0 Å². The van der Waals surface area contributed by atoms with Crippen LogP contribution in [0, 0.1) is 0 Å². The molecule has 2 aromatic heterocycles. The Hall–Kier alpha value is -4.99. The summed E-state index contributed by atoms with van der Waals surface area (Å²) in [6, 6.07) is 16.8. The number of aromatic nitrogens is 2. The number of ether oxygens (including phenoxy) is 1. The standard InChI is InChI=1S/C25H21N5O5/c1-34-21-12-18(8-9-19(21)22-14-26-15-35-22)30-25(33)24(32)29-17-6-4-5-16(11-17)13-28-23(31)20-7-2-3-10-27-20/h2-12,14-15H,13H2,1H3,(H,28,31)(H,29,32)(H,30,33). The van der Waals surface area contributed by atoms with Crippen LogP contribution in [-0.4, -0.2) is 34.8 Å². The number of nitrogens with one attached hydrogen (secondary N) is 3. The molecule has 0 atom stereocenters. The van der Waals surface area contributed by atoms with E-state index in [9.17, 15) is 14.4 Å². The van der Waals surface area contributed by atoms with E-state index in [1.807, 2.05) is 0 Å². The SMILES string of the molecule is COc1cc(NC(=O)C(=O)Nc2cccc(CNC(=O)c3ccccn3)c2)ccc1-c1cnco1. The third-order valence-electron chi connectivity index (χ3n) is 4.90. The molecule has 0 saturated carbocycles. The Morgan fingerprint density at radius 3 is 2.43 bits per heavy atom. The van der Waals surface area contributed by atoms with Crippen LogP contribution >= 0.6 is 0 Å². The molecule has 0 aliphatic heterocycles. The summed E-state index contributed by atoms with van der Waals surface area (Å²) in [6.07, 6.45) is 4.39. The van der Waals surface area contributed by atoms with Crippen molar-refractivity contribution >= 4 is 29.1 Å². The van der Waals surface area contributed by atoms with Crippen LogP contribution in [0.1, 0.15) is 16.1 Å². The number of oxazole rings is 1. The number of rotatable bonds is 7. The third-order valence-corrected chi connectivity index (χ3v) is 4.90. The van der Waals surface area contributed by atoms with E-state index >= 15 is 0 Å². The molecule has 3 N–H and O–H groups in total. The smallest absolute Gasteiger partial charge is 0.314 e. The van der Waals surface area contributed by atoms with E-state index in [4.69, 9.17) is 9.15 Å². The van der Waals surface area contributed by atoms with Gasteiger partial charge in [0, 0.05) is 30.2 Å². The lowest BCUT2D eigenvalue weighted by molar-refractivity contribution is -0.132. The average molecular weight is 471 g/mol. The normalized spacial score (nSPS) is 10.3. The molecular weight excluding hydrogens is 450 g/mol. The molecule has 4 aromatic rings. The van der Waals surface area contributed by atoms with E-state index in [0.29, 0.717) is 34.1 Å². The first-order valence-electron chi connectivity index (χ1n) is 10.5. The van der Waals surface area contributed by atoms with Gasteiger partial charge in [0.2, 0.25) is 0 Å². The van der Waals surface area contributed by atoms with Gasteiger partial charge in [-0.05, 0) is 42.0 Å². The molecule has 35 heavy (non-hydrogen) atoms. The van der Waals surface area contributed by atoms with Crippen molar-refractivity contribution in [1.82, 2.24) is 15.3 Å². The Morgan fingerprint density at radius 2 is 1.74 bits per heavy atom. The summed E-state index contributed by atoms with van der Waals surface area (Å²) in [6.45, 7) is 0.225. The highest BCUT2D eigenvalue weighted by Crippen LogP contribution is 2.32. The summed E-state index contributed by atoms with van der Waals surface area (Å²) in [5.41, 5.74) is 2.47. The Kier molecular flexibility index (Phi) is 7.12. The van der Waals surface area contributed by atoms with Gasteiger partial charge >= 0.3 is 11.8 Å². The highest BCUT2D eigenvalue weighted by atomic mass is 16.5. The Balaban J connectivity index is 1.35. The summed E-state index contributed by atoms with van der Waals surface area (Å²) in [7, 11) is 1.49. The Morgan fingerprint density at radius 1 is 0.943 bits per heavy atom. The number of carbonyl (C=O) groups is 3. The quantitative estimate of drug-likeness (QED) is 0.352. The molecule has 2 aromatic carbocycles. The fraction of sp³-hybridized carbons (Fsp3) is 0.0800. The van der Waals surface area contributed by atoms with Crippen LogP contribution in [0.4, 0.5) is 11.4 Å². The molecular formula is C25H21N5O5. The van der Waals surface area contributed by atoms with Crippen molar-refractivity contribution in [3.8, 4) is 17.1 Å². The van der Waals surface area contributed by atoms with Gasteiger partial charge in [-0.3, -0.25) is 19.4 Å². The summed E-state index contributed by atoms with van der Waals surface area (Å²) >= 11 is 0. The molecule has 0 fully saturated rings. The van der Waals surface area contributed by atoms with Gasteiger partial charge in [0.25, 0.3) is 5.91 Å². The van der Waals surface area contributed by atoms with Crippen LogP contribution in [-0.2, 0) is 16.1 Å². The van der Waals surface area contributed by atoms with Crippen molar-refractivity contribution in [1.29, 1.82) is 0 Å². The van der Waals surface area contributed by atoms with Crippen LogP contribution in [0.25, 0.3) is 11.3 Å². The second kappa shape index (κ2) is 10.8. The van der Waals surface area contributed by atoms with Gasteiger partial charge in [0.15, 0.2) is 12.2 Å². The molecule has 0 bridgehead atoms. The van der Waals surface area contributed by atoms with E-state index in [-0.39, 0.29) is 12.5 Å². The maximum Gasteiger partial charge on any atom is 0.314 e. The van der Waals surface area contributed by atoms with Crippen molar-refractivity contribution in [3.05, 3.63) is 90.7 Å². The van der Waals surface area contributed by atoms with Gasteiger partial charge in [-0.25, -0.2) is 4.98 Å². The molecule has 0 aliphatic carbocycles. The number of benzene rings is 2. The van der Waals surface area contributed by atoms with Gasteiger partial charge in [-0.1, -0.05) is 18.2 Å². The Bertz CT molecular complexity index is 1340. The average Bonchev–Trinajstić information content (AvgIpc) is 3.42. The monoisotopic (exact) mass is 471 g/mol. The van der Waals surface area contributed by atoms with E-state index in [1.165, 1.54) is 19.7 Å². The fourth-order valence-electron chi connectivity index (χ4n) is 3.23. The molecule has 10 heteroatoms. The summed E-state index contributed by atoms with van der Waals surface area (Å²) in [5, 5.41) is 7.86. The summed E-state index contributed by atoms with van der Waals surface area (Å²) < 4.78 is 10.6. The van der Waals surface area contributed by atoms with E-state index < -0.39 is 11.8 Å². The first-order valence-corrected chi connectivity index (χ1v) is 10.5. The molecule has 0 aliphatic rings. The van der Waals surface area contributed by atoms with E-state index in [1.54, 1.807) is 66.9 Å². The lowest BCUT2D eigenvalue weighted by Crippen LogP contribution is -2.29. The van der Waals surface area contributed by atoms with E-state index in [2.05, 4.69) is 25.9 Å². The molecule has 176 valence electrons. The number of anilines is 2. The fourth-order valence-corrected chi connectivity index (χ4v) is 3.23. The van der Waals surface area contributed by atoms with E-state index in [0.717, 1.165) is 5.56 Å². The van der Waals surface area contributed by atoms with Crippen LogP contribution in [0.2, 0.25) is 0 Å². The number of hydrogen-bond acceptors (Lipinski definition) is 7. The number of amides is 3. The maximum atomic E-state index is 12.4. The van der Waals surface area contributed by atoms with Crippen molar-refractivity contribution in [2.75, 3.05) is 17.7 Å². The number of methoxy groups -OCH3 is 1. The lowest BCUT2D eigenvalue weighted by Gasteiger charge is -2.11. The molecule has 3 amide bonds.